The summed E-state index contributed by atoms with van der Waals surface area (Å²) >= 11 is 1.43. The SMILES string of the molecule is CNC(=O)NC(=O)C(C)Sc1ccc2ccccc2c1. The standard InChI is InChI=1S/C15H16N2O2S/c1-10(14(18)17-15(19)16-2)20-13-8-7-11-5-3-4-6-12(11)9-13/h3-10H,1-2H3,(H2,16,17,18,19). The van der Waals surface area contributed by atoms with E-state index >= 15 is 0 Å². The Labute approximate surface area is 121 Å². The second-order valence-corrected chi connectivity index (χ2v) is 5.75. The van der Waals surface area contributed by atoms with Crippen molar-refractivity contribution in [3.8, 4) is 0 Å². The van der Waals surface area contributed by atoms with Gasteiger partial charge in [0.05, 0.1) is 5.25 Å². The number of fused-ring (bicyclic) bond motifs is 1. The minimum Gasteiger partial charge on any atom is -0.341 e. The van der Waals surface area contributed by atoms with Crippen molar-refractivity contribution in [3.63, 3.8) is 0 Å². The van der Waals surface area contributed by atoms with E-state index in [2.05, 4.69) is 10.6 Å². The molecule has 0 radical (unpaired) electrons. The first-order chi connectivity index (χ1) is 9.60. The monoisotopic (exact) mass is 288 g/mol. The molecule has 0 aliphatic carbocycles. The first kappa shape index (κ1) is 14.4. The Hall–Kier alpha value is -2.01. The molecule has 1 unspecified atom stereocenters. The molecule has 2 aromatic rings. The lowest BCUT2D eigenvalue weighted by Crippen LogP contribution is -2.41. The van der Waals surface area contributed by atoms with E-state index in [0.717, 1.165) is 10.3 Å². The molecule has 3 amide bonds. The molecule has 0 aromatic heterocycles. The first-order valence-electron chi connectivity index (χ1n) is 6.28. The summed E-state index contributed by atoms with van der Waals surface area (Å²) in [5.74, 6) is -0.303. The summed E-state index contributed by atoms with van der Waals surface area (Å²) < 4.78 is 0. The molecule has 0 aliphatic rings. The number of thioether (sulfide) groups is 1. The topological polar surface area (TPSA) is 58.2 Å². The summed E-state index contributed by atoms with van der Waals surface area (Å²) in [4.78, 5) is 23.9. The number of urea groups is 1. The van der Waals surface area contributed by atoms with Gasteiger partial charge in [-0.05, 0) is 29.8 Å². The van der Waals surface area contributed by atoms with Crippen LogP contribution in [0, 0.1) is 0 Å². The van der Waals surface area contributed by atoms with Gasteiger partial charge in [-0.25, -0.2) is 4.79 Å². The zero-order valence-corrected chi connectivity index (χ0v) is 12.2. The maximum atomic E-state index is 11.8. The van der Waals surface area contributed by atoms with Crippen LogP contribution in [0.25, 0.3) is 10.8 Å². The second kappa shape index (κ2) is 6.43. The molecule has 0 saturated heterocycles. The Balaban J connectivity index is 2.07. The Morgan fingerprint density at radius 1 is 1.10 bits per heavy atom. The average Bonchev–Trinajstić information content (AvgIpc) is 2.46. The van der Waals surface area contributed by atoms with Gasteiger partial charge in [-0.3, -0.25) is 10.1 Å². The van der Waals surface area contributed by atoms with E-state index in [1.807, 2.05) is 42.5 Å². The number of hydrogen-bond donors (Lipinski definition) is 2. The highest BCUT2D eigenvalue weighted by molar-refractivity contribution is 8.00. The summed E-state index contributed by atoms with van der Waals surface area (Å²) in [6.45, 7) is 1.78. The van der Waals surface area contributed by atoms with Crippen LogP contribution in [0.2, 0.25) is 0 Å². The van der Waals surface area contributed by atoms with Gasteiger partial charge in [0.2, 0.25) is 5.91 Å². The number of carbonyl (C=O) groups excluding carboxylic acids is 2. The molecule has 0 heterocycles. The van der Waals surface area contributed by atoms with Crippen molar-refractivity contribution in [2.45, 2.75) is 17.1 Å². The van der Waals surface area contributed by atoms with Gasteiger partial charge in [-0.15, -0.1) is 11.8 Å². The van der Waals surface area contributed by atoms with E-state index in [1.54, 1.807) is 6.92 Å². The fourth-order valence-electron chi connectivity index (χ4n) is 1.77. The molecule has 5 heteroatoms. The van der Waals surface area contributed by atoms with E-state index < -0.39 is 6.03 Å². The fraction of sp³-hybridized carbons (Fsp3) is 0.200. The normalized spacial score (nSPS) is 11.9. The Bertz CT molecular complexity index is 643. The zero-order valence-electron chi connectivity index (χ0n) is 11.3. The number of nitrogens with one attached hydrogen (secondary N) is 2. The number of imide groups is 1. The van der Waals surface area contributed by atoms with E-state index in [0.29, 0.717) is 0 Å². The molecule has 0 aliphatic heterocycles. The molecule has 2 rings (SSSR count). The van der Waals surface area contributed by atoms with Crippen LogP contribution in [-0.4, -0.2) is 24.2 Å². The van der Waals surface area contributed by atoms with Gasteiger partial charge in [-0.1, -0.05) is 30.3 Å². The van der Waals surface area contributed by atoms with Crippen molar-refractivity contribution >= 4 is 34.5 Å². The highest BCUT2D eigenvalue weighted by atomic mass is 32.2. The van der Waals surface area contributed by atoms with Crippen molar-refractivity contribution in [2.24, 2.45) is 0 Å². The van der Waals surface area contributed by atoms with Crippen molar-refractivity contribution in [1.29, 1.82) is 0 Å². The van der Waals surface area contributed by atoms with E-state index in [-0.39, 0.29) is 11.2 Å². The third-order valence-corrected chi connectivity index (χ3v) is 3.96. The lowest BCUT2D eigenvalue weighted by molar-refractivity contribution is -0.119. The maximum Gasteiger partial charge on any atom is 0.321 e. The smallest absolute Gasteiger partial charge is 0.321 e. The molecule has 2 N–H and O–H groups in total. The lowest BCUT2D eigenvalue weighted by atomic mass is 10.1. The first-order valence-corrected chi connectivity index (χ1v) is 7.16. The Morgan fingerprint density at radius 2 is 1.80 bits per heavy atom. The average molecular weight is 288 g/mol. The van der Waals surface area contributed by atoms with Gasteiger partial charge >= 0.3 is 6.03 Å². The predicted molar refractivity (Wildman–Crippen MR) is 81.9 cm³/mol. The molecule has 0 bridgehead atoms. The summed E-state index contributed by atoms with van der Waals surface area (Å²) in [7, 11) is 1.48. The van der Waals surface area contributed by atoms with Crippen LogP contribution in [0.3, 0.4) is 0 Å². The molecule has 20 heavy (non-hydrogen) atoms. The predicted octanol–water partition coefficient (Wildman–Crippen LogP) is 2.78. The van der Waals surface area contributed by atoms with E-state index in [4.69, 9.17) is 0 Å². The maximum absolute atomic E-state index is 11.8. The van der Waals surface area contributed by atoms with Crippen LogP contribution < -0.4 is 10.6 Å². The molecule has 1 atom stereocenters. The fourth-order valence-corrected chi connectivity index (χ4v) is 2.69. The Kier molecular flexibility index (Phi) is 4.63. The van der Waals surface area contributed by atoms with Gasteiger partial charge in [-0.2, -0.15) is 0 Å². The van der Waals surface area contributed by atoms with Crippen molar-refractivity contribution in [2.75, 3.05) is 7.05 Å². The molecule has 0 fully saturated rings. The summed E-state index contributed by atoms with van der Waals surface area (Å²) in [6.07, 6.45) is 0. The number of hydrogen-bond acceptors (Lipinski definition) is 3. The van der Waals surface area contributed by atoms with Crippen LogP contribution >= 0.6 is 11.8 Å². The van der Waals surface area contributed by atoms with Crippen LogP contribution in [0.1, 0.15) is 6.92 Å². The van der Waals surface area contributed by atoms with Gasteiger partial charge in [0.15, 0.2) is 0 Å². The summed E-state index contributed by atoms with van der Waals surface area (Å²) in [5.41, 5.74) is 0. The highest BCUT2D eigenvalue weighted by Crippen LogP contribution is 2.26. The highest BCUT2D eigenvalue weighted by Gasteiger charge is 2.16. The van der Waals surface area contributed by atoms with Gasteiger partial charge in [0.25, 0.3) is 0 Å². The quantitative estimate of drug-likeness (QED) is 0.854. The second-order valence-electron chi connectivity index (χ2n) is 4.34. The van der Waals surface area contributed by atoms with Gasteiger partial charge < -0.3 is 5.32 Å². The third-order valence-electron chi connectivity index (χ3n) is 2.87. The lowest BCUT2D eigenvalue weighted by Gasteiger charge is -2.11. The summed E-state index contributed by atoms with van der Waals surface area (Å²) in [6, 6.07) is 13.6. The zero-order chi connectivity index (χ0) is 14.5. The molecule has 104 valence electrons. The third kappa shape index (κ3) is 3.51. The van der Waals surface area contributed by atoms with E-state index in [1.165, 1.54) is 24.2 Å². The molecule has 4 nitrogen and oxygen atoms in total. The van der Waals surface area contributed by atoms with Crippen molar-refractivity contribution < 1.29 is 9.59 Å². The Morgan fingerprint density at radius 3 is 2.50 bits per heavy atom. The van der Waals surface area contributed by atoms with Crippen LogP contribution in [0.5, 0.6) is 0 Å². The molecular formula is C15H16N2O2S. The van der Waals surface area contributed by atoms with Crippen LogP contribution in [0.15, 0.2) is 47.4 Å². The summed E-state index contributed by atoms with van der Waals surface area (Å²) in [5, 5.41) is 6.60. The molecule has 0 spiro atoms. The largest absolute Gasteiger partial charge is 0.341 e. The molecular weight excluding hydrogens is 272 g/mol. The molecule has 2 aromatic carbocycles. The number of amides is 3. The minimum atomic E-state index is -0.485. The van der Waals surface area contributed by atoms with Gasteiger partial charge in [0.1, 0.15) is 0 Å². The van der Waals surface area contributed by atoms with E-state index in [9.17, 15) is 9.59 Å². The number of carbonyl (C=O) groups is 2. The van der Waals surface area contributed by atoms with Gasteiger partial charge in [0, 0.05) is 11.9 Å². The van der Waals surface area contributed by atoms with Crippen molar-refractivity contribution in [1.82, 2.24) is 10.6 Å². The number of rotatable bonds is 3. The van der Waals surface area contributed by atoms with Crippen molar-refractivity contribution in [3.05, 3.63) is 42.5 Å². The van der Waals surface area contributed by atoms with Crippen LogP contribution in [0.4, 0.5) is 4.79 Å². The minimum absolute atomic E-state index is 0.303. The number of benzene rings is 2. The molecule has 0 saturated carbocycles. The van der Waals surface area contributed by atoms with Crippen LogP contribution in [-0.2, 0) is 4.79 Å².